The highest BCUT2D eigenvalue weighted by Gasteiger charge is 2.10. The van der Waals surface area contributed by atoms with Crippen molar-refractivity contribution in [1.29, 1.82) is 0 Å². The maximum atomic E-state index is 10.2. The number of nitrogens with two attached hydrogens (primary N) is 1. The fraction of sp³-hybridized carbons (Fsp3) is 0.889. The fourth-order valence-electron chi connectivity index (χ4n) is 0.843. The summed E-state index contributed by atoms with van der Waals surface area (Å²) >= 11 is 0. The Morgan fingerprint density at radius 2 is 2.17 bits per heavy atom. The van der Waals surface area contributed by atoms with Crippen molar-refractivity contribution in [3.8, 4) is 0 Å². The number of rotatable bonds is 7. The second-order valence-electron chi connectivity index (χ2n) is 3.00. The Morgan fingerprint density at radius 3 is 2.67 bits per heavy atom. The van der Waals surface area contributed by atoms with E-state index in [0.29, 0.717) is 6.61 Å². The Hall–Kier alpha value is -0.410. The zero-order valence-corrected chi connectivity index (χ0v) is 7.95. The molecule has 12 heavy (non-hydrogen) atoms. The second-order valence-corrected chi connectivity index (χ2v) is 3.00. The summed E-state index contributed by atoms with van der Waals surface area (Å²) in [5.74, 6) is 0. The monoisotopic (exact) mass is 173 g/mol. The molecule has 0 bridgehead atoms. The predicted octanol–water partition coefficient (Wildman–Crippen LogP) is 1.11. The van der Waals surface area contributed by atoms with E-state index < -0.39 is 6.04 Å². The third-order valence-corrected chi connectivity index (χ3v) is 1.83. The first-order chi connectivity index (χ1) is 5.72. The topological polar surface area (TPSA) is 52.3 Å². The molecule has 0 aliphatic rings. The van der Waals surface area contributed by atoms with E-state index in [9.17, 15) is 4.79 Å². The number of unbranched alkanes of at least 4 members (excludes halogenated alkanes) is 2. The SMILES string of the molecule is CCCCCOC(C)[C@@H](N)C=O. The van der Waals surface area contributed by atoms with E-state index in [1.54, 1.807) is 0 Å². The minimum absolute atomic E-state index is 0.153. The molecule has 0 saturated carbocycles. The van der Waals surface area contributed by atoms with Gasteiger partial charge in [-0.05, 0) is 13.3 Å². The molecule has 0 fully saturated rings. The van der Waals surface area contributed by atoms with Crippen LogP contribution in [0.4, 0.5) is 0 Å². The van der Waals surface area contributed by atoms with Crippen LogP contribution in [0.1, 0.15) is 33.1 Å². The molecular formula is C9H19NO2. The molecule has 0 heterocycles. The van der Waals surface area contributed by atoms with E-state index in [2.05, 4.69) is 6.92 Å². The highest BCUT2D eigenvalue weighted by molar-refractivity contribution is 5.57. The van der Waals surface area contributed by atoms with Gasteiger partial charge in [0, 0.05) is 6.61 Å². The number of hydrogen-bond acceptors (Lipinski definition) is 3. The van der Waals surface area contributed by atoms with E-state index in [1.807, 2.05) is 6.92 Å². The lowest BCUT2D eigenvalue weighted by atomic mass is 10.2. The standard InChI is InChI=1S/C9H19NO2/c1-3-4-5-6-12-8(2)9(10)7-11/h7-9H,3-6,10H2,1-2H3/t8?,9-/m0/s1. The van der Waals surface area contributed by atoms with Crippen LogP contribution >= 0.6 is 0 Å². The Balaban J connectivity index is 3.30. The van der Waals surface area contributed by atoms with Crippen molar-refractivity contribution in [2.45, 2.75) is 45.3 Å². The van der Waals surface area contributed by atoms with E-state index in [0.717, 1.165) is 12.7 Å². The summed E-state index contributed by atoms with van der Waals surface area (Å²) in [6.07, 6.45) is 3.97. The summed E-state index contributed by atoms with van der Waals surface area (Å²) in [6, 6.07) is -0.480. The molecule has 1 unspecified atom stereocenters. The molecule has 2 atom stereocenters. The van der Waals surface area contributed by atoms with Gasteiger partial charge in [0.2, 0.25) is 0 Å². The lowest BCUT2D eigenvalue weighted by Gasteiger charge is -2.15. The summed E-state index contributed by atoms with van der Waals surface area (Å²) in [7, 11) is 0. The van der Waals surface area contributed by atoms with Crippen LogP contribution in [-0.4, -0.2) is 25.0 Å². The molecule has 3 nitrogen and oxygen atoms in total. The normalized spacial score (nSPS) is 15.6. The van der Waals surface area contributed by atoms with Crippen LogP contribution in [0.3, 0.4) is 0 Å². The van der Waals surface area contributed by atoms with Crippen LogP contribution in [0.25, 0.3) is 0 Å². The summed E-state index contributed by atoms with van der Waals surface area (Å²) in [5.41, 5.74) is 5.44. The van der Waals surface area contributed by atoms with Gasteiger partial charge in [-0.2, -0.15) is 0 Å². The third-order valence-electron chi connectivity index (χ3n) is 1.83. The molecule has 0 aliphatic carbocycles. The van der Waals surface area contributed by atoms with Gasteiger partial charge in [-0.1, -0.05) is 19.8 Å². The zero-order valence-electron chi connectivity index (χ0n) is 7.95. The van der Waals surface area contributed by atoms with Gasteiger partial charge in [0.05, 0.1) is 12.1 Å². The van der Waals surface area contributed by atoms with E-state index >= 15 is 0 Å². The van der Waals surface area contributed by atoms with Gasteiger partial charge in [-0.3, -0.25) is 0 Å². The molecule has 0 aromatic heterocycles. The van der Waals surface area contributed by atoms with Gasteiger partial charge in [0.25, 0.3) is 0 Å². The molecular weight excluding hydrogens is 154 g/mol. The van der Waals surface area contributed by atoms with Crippen molar-refractivity contribution in [3.63, 3.8) is 0 Å². The molecule has 72 valence electrons. The van der Waals surface area contributed by atoms with Crippen LogP contribution < -0.4 is 5.73 Å². The highest BCUT2D eigenvalue weighted by atomic mass is 16.5. The van der Waals surface area contributed by atoms with Gasteiger partial charge < -0.3 is 15.3 Å². The lowest BCUT2D eigenvalue weighted by molar-refractivity contribution is -0.111. The lowest BCUT2D eigenvalue weighted by Crippen LogP contribution is -2.36. The first-order valence-corrected chi connectivity index (χ1v) is 4.54. The molecule has 0 amide bonds. The first kappa shape index (κ1) is 11.6. The van der Waals surface area contributed by atoms with Gasteiger partial charge in [0.15, 0.2) is 0 Å². The second kappa shape index (κ2) is 7.25. The molecule has 0 aromatic carbocycles. The molecule has 2 N–H and O–H groups in total. The predicted molar refractivity (Wildman–Crippen MR) is 49.0 cm³/mol. The van der Waals surface area contributed by atoms with Gasteiger partial charge in [0.1, 0.15) is 6.29 Å². The van der Waals surface area contributed by atoms with E-state index in [4.69, 9.17) is 10.5 Å². The molecule has 3 heteroatoms. The Kier molecular flexibility index (Phi) is 7.00. The third kappa shape index (κ3) is 5.27. The van der Waals surface area contributed by atoms with Crippen molar-refractivity contribution in [2.24, 2.45) is 5.73 Å². The van der Waals surface area contributed by atoms with Crippen molar-refractivity contribution in [2.75, 3.05) is 6.61 Å². The van der Waals surface area contributed by atoms with Gasteiger partial charge >= 0.3 is 0 Å². The van der Waals surface area contributed by atoms with E-state index in [1.165, 1.54) is 12.8 Å². The number of aldehydes is 1. The Morgan fingerprint density at radius 1 is 1.50 bits per heavy atom. The smallest absolute Gasteiger partial charge is 0.139 e. The molecule has 0 rings (SSSR count). The number of ether oxygens (including phenoxy) is 1. The molecule has 0 saturated heterocycles. The van der Waals surface area contributed by atoms with Crippen molar-refractivity contribution in [1.82, 2.24) is 0 Å². The van der Waals surface area contributed by atoms with Crippen LogP contribution in [0.5, 0.6) is 0 Å². The minimum atomic E-state index is -0.480. The Labute approximate surface area is 74.3 Å². The minimum Gasteiger partial charge on any atom is -0.376 e. The largest absolute Gasteiger partial charge is 0.376 e. The molecule has 0 radical (unpaired) electrons. The molecule has 0 spiro atoms. The summed E-state index contributed by atoms with van der Waals surface area (Å²) < 4.78 is 5.34. The molecule has 0 aromatic rings. The first-order valence-electron chi connectivity index (χ1n) is 4.54. The van der Waals surface area contributed by atoms with Gasteiger partial charge in [-0.15, -0.1) is 0 Å². The maximum absolute atomic E-state index is 10.2. The summed E-state index contributed by atoms with van der Waals surface area (Å²) in [4.78, 5) is 10.2. The quantitative estimate of drug-likeness (QED) is 0.463. The van der Waals surface area contributed by atoms with E-state index in [-0.39, 0.29) is 6.10 Å². The van der Waals surface area contributed by atoms with Crippen LogP contribution in [0.15, 0.2) is 0 Å². The van der Waals surface area contributed by atoms with Crippen molar-refractivity contribution < 1.29 is 9.53 Å². The number of hydrogen-bond donors (Lipinski definition) is 1. The number of carbonyl (C=O) groups is 1. The van der Waals surface area contributed by atoms with Crippen LogP contribution in [0.2, 0.25) is 0 Å². The fourth-order valence-corrected chi connectivity index (χ4v) is 0.843. The summed E-state index contributed by atoms with van der Waals surface area (Å²) in [5, 5.41) is 0. The van der Waals surface area contributed by atoms with Crippen LogP contribution in [-0.2, 0) is 9.53 Å². The average Bonchev–Trinajstić information content (AvgIpc) is 2.10. The maximum Gasteiger partial charge on any atom is 0.139 e. The van der Waals surface area contributed by atoms with Crippen molar-refractivity contribution in [3.05, 3.63) is 0 Å². The summed E-state index contributed by atoms with van der Waals surface area (Å²) in [6.45, 7) is 4.67. The average molecular weight is 173 g/mol. The van der Waals surface area contributed by atoms with Gasteiger partial charge in [-0.25, -0.2) is 0 Å². The highest BCUT2D eigenvalue weighted by Crippen LogP contribution is 1.99. The zero-order chi connectivity index (χ0) is 9.40. The Bertz CT molecular complexity index is 117. The molecule has 0 aliphatic heterocycles. The van der Waals surface area contributed by atoms with Crippen LogP contribution in [0, 0.1) is 0 Å². The van der Waals surface area contributed by atoms with Crippen molar-refractivity contribution >= 4 is 6.29 Å². The number of carbonyl (C=O) groups excluding carboxylic acids is 1.